The molecule has 0 aromatic carbocycles. The zero-order valence-electron chi connectivity index (χ0n) is 11.0. The van der Waals surface area contributed by atoms with Crippen LogP contribution in [0, 0.1) is 0 Å². The van der Waals surface area contributed by atoms with Crippen molar-refractivity contribution in [1.82, 2.24) is 10.2 Å². The standard InChI is InChI=1S/C13H19F3N2O/c1-2-9-17-11(5-3-4-6-11)10(19)18(9)12(7-8-12)13(14,15)16/h9,17H,2-8H2,1H3. The first-order valence-electron chi connectivity index (χ1n) is 7.04. The summed E-state index contributed by atoms with van der Waals surface area (Å²) in [7, 11) is 0. The van der Waals surface area contributed by atoms with Gasteiger partial charge in [-0.2, -0.15) is 13.2 Å². The highest BCUT2D eigenvalue weighted by molar-refractivity contribution is 5.90. The third kappa shape index (κ3) is 1.65. The fraction of sp³-hybridized carbons (Fsp3) is 0.923. The van der Waals surface area contributed by atoms with Gasteiger partial charge in [0.1, 0.15) is 5.54 Å². The number of carbonyl (C=O) groups excluding carboxylic acids is 1. The van der Waals surface area contributed by atoms with E-state index >= 15 is 0 Å². The number of halogens is 3. The quantitative estimate of drug-likeness (QED) is 0.840. The van der Waals surface area contributed by atoms with Crippen molar-refractivity contribution in [2.75, 3.05) is 0 Å². The Hall–Kier alpha value is -0.780. The van der Waals surface area contributed by atoms with Crippen molar-refractivity contribution in [3.8, 4) is 0 Å². The van der Waals surface area contributed by atoms with Crippen LogP contribution in [-0.2, 0) is 4.79 Å². The second-order valence-corrected chi connectivity index (χ2v) is 6.06. The lowest BCUT2D eigenvalue weighted by atomic mass is 9.97. The van der Waals surface area contributed by atoms with Gasteiger partial charge in [-0.05, 0) is 32.1 Å². The molecule has 3 rings (SSSR count). The molecule has 1 spiro atoms. The number of nitrogens with one attached hydrogen (secondary N) is 1. The van der Waals surface area contributed by atoms with Crippen LogP contribution in [0.1, 0.15) is 51.9 Å². The molecule has 0 bridgehead atoms. The molecule has 19 heavy (non-hydrogen) atoms. The van der Waals surface area contributed by atoms with Crippen LogP contribution in [0.3, 0.4) is 0 Å². The molecule has 0 aromatic heterocycles. The maximum atomic E-state index is 13.3. The molecule has 1 N–H and O–H groups in total. The van der Waals surface area contributed by atoms with Crippen molar-refractivity contribution >= 4 is 5.91 Å². The average Bonchev–Trinajstić information content (AvgIpc) is 2.93. The van der Waals surface area contributed by atoms with E-state index in [2.05, 4.69) is 5.32 Å². The van der Waals surface area contributed by atoms with E-state index in [9.17, 15) is 18.0 Å². The molecule has 0 radical (unpaired) electrons. The molecule has 1 unspecified atom stereocenters. The van der Waals surface area contributed by atoms with Crippen molar-refractivity contribution in [2.45, 2.75) is 75.3 Å². The normalized spacial score (nSPS) is 32.3. The third-order valence-corrected chi connectivity index (χ3v) is 4.94. The Labute approximate surface area is 110 Å². The number of amides is 1. The van der Waals surface area contributed by atoms with E-state index in [4.69, 9.17) is 0 Å². The minimum absolute atomic E-state index is 0.0521. The van der Waals surface area contributed by atoms with E-state index in [0.717, 1.165) is 17.7 Å². The van der Waals surface area contributed by atoms with Crippen molar-refractivity contribution in [3.05, 3.63) is 0 Å². The highest BCUT2D eigenvalue weighted by atomic mass is 19.4. The molecule has 1 aliphatic heterocycles. The largest absolute Gasteiger partial charge is 0.411 e. The number of alkyl halides is 3. The van der Waals surface area contributed by atoms with Crippen LogP contribution in [0.15, 0.2) is 0 Å². The molecule has 3 aliphatic rings. The van der Waals surface area contributed by atoms with E-state index in [1.54, 1.807) is 0 Å². The maximum absolute atomic E-state index is 13.3. The Balaban J connectivity index is 1.94. The van der Waals surface area contributed by atoms with Crippen LogP contribution in [0.5, 0.6) is 0 Å². The molecule has 2 aliphatic carbocycles. The molecule has 108 valence electrons. The van der Waals surface area contributed by atoms with Crippen molar-refractivity contribution in [3.63, 3.8) is 0 Å². The molecular formula is C13H19F3N2O. The van der Waals surface area contributed by atoms with Gasteiger partial charge in [0, 0.05) is 0 Å². The third-order valence-electron chi connectivity index (χ3n) is 4.94. The second kappa shape index (κ2) is 3.87. The number of rotatable bonds is 2. The molecule has 1 atom stereocenters. The summed E-state index contributed by atoms with van der Waals surface area (Å²) in [6.07, 6.45) is -0.973. The van der Waals surface area contributed by atoms with Gasteiger partial charge in [0.2, 0.25) is 5.91 Å². The summed E-state index contributed by atoms with van der Waals surface area (Å²) in [6.45, 7) is 1.83. The summed E-state index contributed by atoms with van der Waals surface area (Å²) in [4.78, 5) is 13.7. The van der Waals surface area contributed by atoms with Crippen LogP contribution in [0.4, 0.5) is 13.2 Å². The summed E-state index contributed by atoms with van der Waals surface area (Å²) in [5, 5.41) is 3.21. The van der Waals surface area contributed by atoms with Crippen LogP contribution >= 0.6 is 0 Å². The molecular weight excluding hydrogens is 257 g/mol. The number of hydrogen-bond acceptors (Lipinski definition) is 2. The Kier molecular flexibility index (Phi) is 2.69. The van der Waals surface area contributed by atoms with Gasteiger partial charge in [-0.25, -0.2) is 0 Å². The van der Waals surface area contributed by atoms with Gasteiger partial charge in [0.05, 0.1) is 11.7 Å². The molecule has 2 saturated carbocycles. The summed E-state index contributed by atoms with van der Waals surface area (Å²) in [5.74, 6) is -0.313. The first kappa shape index (κ1) is 13.2. The van der Waals surface area contributed by atoms with E-state index in [1.807, 2.05) is 6.92 Å². The van der Waals surface area contributed by atoms with Crippen molar-refractivity contribution < 1.29 is 18.0 Å². The van der Waals surface area contributed by atoms with Crippen molar-refractivity contribution in [2.24, 2.45) is 0 Å². The van der Waals surface area contributed by atoms with Gasteiger partial charge in [-0.15, -0.1) is 0 Å². The molecule has 0 aromatic rings. The van der Waals surface area contributed by atoms with E-state index in [-0.39, 0.29) is 18.7 Å². The van der Waals surface area contributed by atoms with Gasteiger partial charge in [-0.3, -0.25) is 10.1 Å². The first-order valence-corrected chi connectivity index (χ1v) is 7.04. The first-order chi connectivity index (χ1) is 8.86. The Bertz CT molecular complexity index is 397. The molecule has 3 fully saturated rings. The van der Waals surface area contributed by atoms with Gasteiger partial charge < -0.3 is 4.90 Å². The Morgan fingerprint density at radius 3 is 2.26 bits per heavy atom. The lowest BCUT2D eigenvalue weighted by Gasteiger charge is -2.34. The number of hydrogen-bond donors (Lipinski definition) is 1. The lowest BCUT2D eigenvalue weighted by molar-refractivity contribution is -0.202. The number of nitrogens with zero attached hydrogens (tertiary/aromatic N) is 1. The summed E-state index contributed by atoms with van der Waals surface area (Å²) in [5.41, 5.74) is -2.59. The highest BCUT2D eigenvalue weighted by Crippen LogP contribution is 2.57. The predicted octanol–water partition coefficient (Wildman–Crippen LogP) is 2.56. The lowest BCUT2D eigenvalue weighted by Crippen LogP contribution is -2.54. The summed E-state index contributed by atoms with van der Waals surface area (Å²) in [6, 6.07) is 0. The molecule has 1 saturated heterocycles. The molecule has 1 heterocycles. The van der Waals surface area contributed by atoms with Gasteiger partial charge in [0.15, 0.2) is 0 Å². The average molecular weight is 276 g/mol. The van der Waals surface area contributed by atoms with Crippen LogP contribution < -0.4 is 5.32 Å². The van der Waals surface area contributed by atoms with Gasteiger partial charge in [-0.1, -0.05) is 19.8 Å². The number of carbonyl (C=O) groups is 1. The van der Waals surface area contributed by atoms with Gasteiger partial charge >= 0.3 is 6.18 Å². The van der Waals surface area contributed by atoms with E-state index in [1.165, 1.54) is 0 Å². The Morgan fingerprint density at radius 1 is 1.26 bits per heavy atom. The molecule has 3 nitrogen and oxygen atoms in total. The zero-order chi connectivity index (χ0) is 13.9. The summed E-state index contributed by atoms with van der Waals surface area (Å²) >= 11 is 0. The highest BCUT2D eigenvalue weighted by Gasteiger charge is 2.72. The smallest absolute Gasteiger partial charge is 0.311 e. The fourth-order valence-corrected chi connectivity index (χ4v) is 3.71. The van der Waals surface area contributed by atoms with Gasteiger partial charge in [0.25, 0.3) is 0 Å². The second-order valence-electron chi connectivity index (χ2n) is 6.06. The SMILES string of the molecule is CCC1NC2(CCCC2)C(=O)N1C1(C(F)(F)F)CC1. The van der Waals surface area contributed by atoms with Crippen LogP contribution in [-0.4, -0.2) is 34.2 Å². The Morgan fingerprint density at radius 2 is 1.84 bits per heavy atom. The topological polar surface area (TPSA) is 32.3 Å². The van der Waals surface area contributed by atoms with Crippen molar-refractivity contribution in [1.29, 1.82) is 0 Å². The van der Waals surface area contributed by atoms with E-state index < -0.39 is 23.4 Å². The summed E-state index contributed by atoms with van der Waals surface area (Å²) < 4.78 is 39.9. The molecule has 1 amide bonds. The van der Waals surface area contributed by atoms with E-state index in [0.29, 0.717) is 19.3 Å². The van der Waals surface area contributed by atoms with Crippen LogP contribution in [0.25, 0.3) is 0 Å². The minimum atomic E-state index is -4.32. The minimum Gasteiger partial charge on any atom is -0.311 e. The van der Waals surface area contributed by atoms with Crippen LogP contribution in [0.2, 0.25) is 0 Å². The monoisotopic (exact) mass is 276 g/mol. The maximum Gasteiger partial charge on any atom is 0.411 e. The zero-order valence-corrected chi connectivity index (χ0v) is 11.0. The predicted molar refractivity (Wildman–Crippen MR) is 63.3 cm³/mol. The molecule has 6 heteroatoms. The fourth-order valence-electron chi connectivity index (χ4n) is 3.71.